The second-order valence-corrected chi connectivity index (χ2v) is 3.97. The average molecular weight is 224 g/mol. The normalized spacial score (nSPS) is 16.4. The zero-order valence-corrected chi connectivity index (χ0v) is 9.34. The van der Waals surface area contributed by atoms with Gasteiger partial charge in [0.05, 0.1) is 0 Å². The Balaban J connectivity index is 2.54. The van der Waals surface area contributed by atoms with Gasteiger partial charge in [0.15, 0.2) is 5.60 Å². The van der Waals surface area contributed by atoms with E-state index in [1.807, 2.05) is 19.1 Å². The van der Waals surface area contributed by atoms with Crippen LogP contribution in [0.5, 0.6) is 0 Å². The maximum Gasteiger partial charge on any atom is 0.336 e. The SMILES string of the molecule is CC(NCC(C)(O)C(=O)O)c1cccnc1. The molecule has 0 saturated carbocycles. The molecule has 88 valence electrons. The van der Waals surface area contributed by atoms with Crippen molar-refractivity contribution in [2.45, 2.75) is 25.5 Å². The van der Waals surface area contributed by atoms with E-state index in [-0.39, 0.29) is 12.6 Å². The predicted octanol–water partition coefficient (Wildman–Crippen LogP) is 0.568. The molecular weight excluding hydrogens is 208 g/mol. The Kier molecular flexibility index (Phi) is 3.98. The van der Waals surface area contributed by atoms with Gasteiger partial charge in [0.2, 0.25) is 0 Å². The first-order chi connectivity index (χ1) is 7.43. The highest BCUT2D eigenvalue weighted by atomic mass is 16.4. The summed E-state index contributed by atoms with van der Waals surface area (Å²) in [5.74, 6) is -1.24. The van der Waals surface area contributed by atoms with Crippen LogP contribution in [-0.4, -0.2) is 33.3 Å². The first-order valence-electron chi connectivity index (χ1n) is 5.02. The van der Waals surface area contributed by atoms with E-state index >= 15 is 0 Å². The zero-order valence-electron chi connectivity index (χ0n) is 9.34. The molecule has 0 bridgehead atoms. The fraction of sp³-hybridized carbons (Fsp3) is 0.455. The molecule has 0 amide bonds. The average Bonchev–Trinajstić information content (AvgIpc) is 2.27. The van der Waals surface area contributed by atoms with Gasteiger partial charge in [-0.25, -0.2) is 4.79 Å². The standard InChI is InChI=1S/C11H16N2O3/c1-8(9-4-3-5-12-6-9)13-7-11(2,16)10(14)15/h3-6,8,13,16H,7H2,1-2H3,(H,14,15). The van der Waals surface area contributed by atoms with Crippen molar-refractivity contribution in [1.29, 1.82) is 0 Å². The van der Waals surface area contributed by atoms with Crippen LogP contribution >= 0.6 is 0 Å². The van der Waals surface area contributed by atoms with Crippen LogP contribution in [-0.2, 0) is 4.79 Å². The minimum absolute atomic E-state index is 0.0155. The Morgan fingerprint density at radius 2 is 2.38 bits per heavy atom. The number of rotatable bonds is 5. The summed E-state index contributed by atoms with van der Waals surface area (Å²) < 4.78 is 0. The molecule has 5 heteroatoms. The quantitative estimate of drug-likeness (QED) is 0.681. The molecule has 1 aromatic heterocycles. The number of aliphatic hydroxyl groups is 1. The third kappa shape index (κ3) is 3.29. The van der Waals surface area contributed by atoms with Gasteiger partial charge in [0.25, 0.3) is 0 Å². The second-order valence-electron chi connectivity index (χ2n) is 3.97. The van der Waals surface area contributed by atoms with Crippen LogP contribution in [0.1, 0.15) is 25.5 Å². The maximum absolute atomic E-state index is 10.7. The van der Waals surface area contributed by atoms with Crippen molar-refractivity contribution in [2.24, 2.45) is 0 Å². The molecule has 1 rings (SSSR count). The monoisotopic (exact) mass is 224 g/mol. The molecule has 0 aromatic carbocycles. The molecule has 3 N–H and O–H groups in total. The summed E-state index contributed by atoms with van der Waals surface area (Å²) in [6.07, 6.45) is 3.37. The fourth-order valence-corrected chi connectivity index (χ4v) is 1.18. The minimum atomic E-state index is -1.75. The van der Waals surface area contributed by atoms with Gasteiger partial charge >= 0.3 is 5.97 Å². The number of aromatic nitrogens is 1. The molecule has 0 saturated heterocycles. The summed E-state index contributed by atoms with van der Waals surface area (Å²) in [5.41, 5.74) is -0.806. The second kappa shape index (κ2) is 5.05. The molecule has 2 atom stereocenters. The van der Waals surface area contributed by atoms with Gasteiger partial charge < -0.3 is 15.5 Å². The lowest BCUT2D eigenvalue weighted by molar-refractivity contribution is -0.156. The van der Waals surface area contributed by atoms with Gasteiger partial charge in [-0.1, -0.05) is 6.07 Å². The van der Waals surface area contributed by atoms with E-state index in [9.17, 15) is 9.90 Å². The largest absolute Gasteiger partial charge is 0.479 e. The summed E-state index contributed by atoms with van der Waals surface area (Å²) in [6, 6.07) is 3.64. The zero-order chi connectivity index (χ0) is 12.2. The fourth-order valence-electron chi connectivity index (χ4n) is 1.18. The van der Waals surface area contributed by atoms with Gasteiger partial charge in [-0.3, -0.25) is 4.98 Å². The van der Waals surface area contributed by atoms with Crippen LogP contribution in [0, 0.1) is 0 Å². The Morgan fingerprint density at radius 3 is 2.88 bits per heavy atom. The molecule has 0 spiro atoms. The van der Waals surface area contributed by atoms with Crippen molar-refractivity contribution in [2.75, 3.05) is 6.54 Å². The van der Waals surface area contributed by atoms with Crippen molar-refractivity contribution in [3.8, 4) is 0 Å². The first kappa shape index (κ1) is 12.6. The van der Waals surface area contributed by atoms with Crippen molar-refractivity contribution in [3.05, 3.63) is 30.1 Å². The molecule has 0 aliphatic rings. The van der Waals surface area contributed by atoms with E-state index < -0.39 is 11.6 Å². The molecule has 1 heterocycles. The molecule has 1 aromatic rings. The van der Waals surface area contributed by atoms with Crippen molar-refractivity contribution in [3.63, 3.8) is 0 Å². The smallest absolute Gasteiger partial charge is 0.336 e. The van der Waals surface area contributed by atoms with Gasteiger partial charge in [-0.2, -0.15) is 0 Å². The summed E-state index contributed by atoms with van der Waals surface area (Å²) in [6.45, 7) is 3.13. The van der Waals surface area contributed by atoms with E-state index in [4.69, 9.17) is 5.11 Å². The molecule has 16 heavy (non-hydrogen) atoms. The molecule has 0 aliphatic carbocycles. The highest BCUT2D eigenvalue weighted by Gasteiger charge is 2.29. The van der Waals surface area contributed by atoms with Gasteiger partial charge in [0.1, 0.15) is 0 Å². The van der Waals surface area contributed by atoms with Gasteiger partial charge in [0, 0.05) is 25.0 Å². The van der Waals surface area contributed by atoms with Crippen LogP contribution in [0.2, 0.25) is 0 Å². The Hall–Kier alpha value is -1.46. The van der Waals surface area contributed by atoms with E-state index in [1.54, 1.807) is 12.4 Å². The number of hydrogen-bond donors (Lipinski definition) is 3. The Morgan fingerprint density at radius 1 is 1.69 bits per heavy atom. The topological polar surface area (TPSA) is 82.5 Å². The van der Waals surface area contributed by atoms with Crippen LogP contribution in [0.4, 0.5) is 0 Å². The Bertz CT molecular complexity index is 352. The van der Waals surface area contributed by atoms with Crippen LogP contribution in [0.25, 0.3) is 0 Å². The lowest BCUT2D eigenvalue weighted by Gasteiger charge is -2.21. The van der Waals surface area contributed by atoms with Gasteiger partial charge in [-0.05, 0) is 25.5 Å². The summed E-state index contributed by atoms with van der Waals surface area (Å²) in [4.78, 5) is 14.6. The van der Waals surface area contributed by atoms with Gasteiger partial charge in [-0.15, -0.1) is 0 Å². The lowest BCUT2D eigenvalue weighted by Crippen LogP contribution is -2.45. The number of nitrogens with one attached hydrogen (secondary N) is 1. The predicted molar refractivity (Wildman–Crippen MR) is 58.9 cm³/mol. The number of carboxylic acids is 1. The van der Waals surface area contributed by atoms with Crippen molar-refractivity contribution >= 4 is 5.97 Å². The van der Waals surface area contributed by atoms with Crippen molar-refractivity contribution < 1.29 is 15.0 Å². The lowest BCUT2D eigenvalue weighted by atomic mass is 10.1. The maximum atomic E-state index is 10.7. The third-order valence-corrected chi connectivity index (χ3v) is 2.40. The van der Waals surface area contributed by atoms with E-state index in [0.717, 1.165) is 5.56 Å². The van der Waals surface area contributed by atoms with Crippen molar-refractivity contribution in [1.82, 2.24) is 10.3 Å². The number of hydrogen-bond acceptors (Lipinski definition) is 4. The van der Waals surface area contributed by atoms with E-state index in [0.29, 0.717) is 0 Å². The third-order valence-electron chi connectivity index (χ3n) is 2.40. The molecule has 0 aliphatic heterocycles. The first-order valence-corrected chi connectivity index (χ1v) is 5.02. The molecule has 0 fully saturated rings. The number of aliphatic carboxylic acids is 1. The number of nitrogens with zero attached hydrogens (tertiary/aromatic N) is 1. The molecule has 2 unspecified atom stereocenters. The number of carboxylic acid groups (broad SMARTS) is 1. The van der Waals surface area contributed by atoms with Crippen LogP contribution in [0.3, 0.4) is 0 Å². The van der Waals surface area contributed by atoms with E-state index in [2.05, 4.69) is 10.3 Å². The molecule has 0 radical (unpaired) electrons. The minimum Gasteiger partial charge on any atom is -0.479 e. The highest BCUT2D eigenvalue weighted by Crippen LogP contribution is 2.11. The highest BCUT2D eigenvalue weighted by molar-refractivity contribution is 5.76. The number of pyridine rings is 1. The van der Waals surface area contributed by atoms with Crippen LogP contribution < -0.4 is 5.32 Å². The Labute approximate surface area is 94.1 Å². The summed E-state index contributed by atoms with van der Waals surface area (Å²) >= 11 is 0. The molecule has 5 nitrogen and oxygen atoms in total. The summed E-state index contributed by atoms with van der Waals surface area (Å²) in [5, 5.41) is 21.2. The van der Waals surface area contributed by atoms with E-state index in [1.165, 1.54) is 6.92 Å². The van der Waals surface area contributed by atoms with Crippen LogP contribution in [0.15, 0.2) is 24.5 Å². The number of carbonyl (C=O) groups is 1. The molecular formula is C11H16N2O3. The summed E-state index contributed by atoms with van der Waals surface area (Å²) in [7, 11) is 0.